The average molecular weight is 450 g/mol. The van der Waals surface area contributed by atoms with E-state index >= 15 is 0 Å². The van der Waals surface area contributed by atoms with Gasteiger partial charge in [0.2, 0.25) is 0 Å². The van der Waals surface area contributed by atoms with Crippen molar-refractivity contribution in [2.45, 2.75) is 0 Å². The first-order chi connectivity index (χ1) is 16.6. The van der Waals surface area contributed by atoms with Crippen LogP contribution in [0, 0.1) is 5.92 Å². The van der Waals surface area contributed by atoms with E-state index in [-0.39, 0.29) is 5.91 Å². The predicted molar refractivity (Wildman–Crippen MR) is 130 cm³/mol. The van der Waals surface area contributed by atoms with Gasteiger partial charge in [-0.25, -0.2) is 9.78 Å². The fourth-order valence-electron chi connectivity index (χ4n) is 4.29. The first-order valence-corrected chi connectivity index (χ1v) is 10.8. The van der Waals surface area contributed by atoms with Crippen LogP contribution >= 0.6 is 0 Å². The summed E-state index contributed by atoms with van der Waals surface area (Å²) in [6.45, 7) is 0. The summed E-state index contributed by atoms with van der Waals surface area (Å²) in [5, 5.41) is 6.32. The Kier molecular flexibility index (Phi) is 5.46. The number of carbonyl (C=O) groups is 1. The maximum atomic E-state index is 13.2. The van der Waals surface area contributed by atoms with Gasteiger partial charge in [-0.1, -0.05) is 30.3 Å². The molecule has 2 N–H and O–H groups in total. The van der Waals surface area contributed by atoms with Crippen LogP contribution in [0.3, 0.4) is 0 Å². The molecular formula is C27H22N4O3. The van der Waals surface area contributed by atoms with Gasteiger partial charge < -0.3 is 19.9 Å². The second kappa shape index (κ2) is 8.73. The van der Waals surface area contributed by atoms with E-state index < -0.39 is 5.92 Å². The molecule has 2 aromatic carbocycles. The minimum atomic E-state index is -0.557. The lowest BCUT2D eigenvalue weighted by atomic mass is 9.85. The number of aryl methyl sites for hydroxylation is 1. The van der Waals surface area contributed by atoms with Crippen molar-refractivity contribution in [3.63, 3.8) is 0 Å². The summed E-state index contributed by atoms with van der Waals surface area (Å²) in [5.41, 5.74) is 4.62. The monoisotopic (exact) mass is 450 g/mol. The van der Waals surface area contributed by atoms with Crippen LogP contribution in [-0.4, -0.2) is 28.5 Å². The van der Waals surface area contributed by atoms with Gasteiger partial charge in [0.15, 0.2) is 0 Å². The number of methoxy groups -OCH3 is 1. The number of hydrogen-bond donors (Lipinski definition) is 2. The molecule has 1 amide bonds. The summed E-state index contributed by atoms with van der Waals surface area (Å²) in [4.78, 5) is 29.4. The summed E-state index contributed by atoms with van der Waals surface area (Å²) in [6, 6.07) is 17.4. The number of benzene rings is 2. The van der Waals surface area contributed by atoms with E-state index in [1.807, 2.05) is 78.4 Å². The summed E-state index contributed by atoms with van der Waals surface area (Å²) < 4.78 is 7.24. The quantitative estimate of drug-likeness (QED) is 0.456. The minimum absolute atomic E-state index is 0.272. The maximum absolute atomic E-state index is 13.2. The van der Waals surface area contributed by atoms with E-state index in [0.29, 0.717) is 28.3 Å². The second-order valence-electron chi connectivity index (χ2n) is 8.01. The number of nitrogens with zero attached hydrogens (tertiary/aromatic N) is 2. The van der Waals surface area contributed by atoms with Crippen molar-refractivity contribution < 1.29 is 14.3 Å². The molecule has 7 heteroatoms. The Labute approximate surface area is 196 Å². The van der Waals surface area contributed by atoms with Crippen molar-refractivity contribution in [1.29, 1.82) is 0 Å². The Hall–Kier alpha value is -4.61. The number of ether oxygens (including phenoxy) is 1. The van der Waals surface area contributed by atoms with Crippen molar-refractivity contribution in [3.8, 4) is 11.4 Å². The molecule has 1 aliphatic carbocycles. The number of aromatic nitrogens is 2. The first-order valence-electron chi connectivity index (χ1n) is 10.8. The second-order valence-corrected chi connectivity index (χ2v) is 8.01. The van der Waals surface area contributed by atoms with Crippen molar-refractivity contribution in [2.75, 3.05) is 12.4 Å². The van der Waals surface area contributed by atoms with Gasteiger partial charge in [0.1, 0.15) is 17.5 Å². The topological polar surface area (TPSA) is 85.2 Å². The average Bonchev–Trinajstić information content (AvgIpc) is 3.44. The molecule has 1 saturated heterocycles. The van der Waals surface area contributed by atoms with Crippen molar-refractivity contribution in [2.24, 2.45) is 13.0 Å². The zero-order valence-electron chi connectivity index (χ0n) is 18.7. The van der Waals surface area contributed by atoms with E-state index in [1.54, 1.807) is 18.3 Å². The molecule has 1 aliphatic heterocycles. The van der Waals surface area contributed by atoms with Crippen molar-refractivity contribution in [1.82, 2.24) is 14.9 Å². The lowest BCUT2D eigenvalue weighted by Gasteiger charge is -2.20. The Morgan fingerprint density at radius 2 is 1.88 bits per heavy atom. The van der Waals surface area contributed by atoms with Crippen molar-refractivity contribution in [3.05, 3.63) is 107 Å². The molecule has 2 heterocycles. The van der Waals surface area contributed by atoms with Gasteiger partial charge in [-0.3, -0.25) is 4.79 Å². The Balaban J connectivity index is 1.59. The Bertz CT molecular complexity index is 1410. The standard InChI is InChI=1S/C27H22N4O3/c1-31-13-12-28-26(31)18-8-10-20(11-9-18)29-25(17-6-4-3-5-7-17)24-23-19(16-32)14-21(34-2)15-22(23)30-27(24)33/h3-15,23,29H,1-2H3,(H,30,33). The van der Waals surface area contributed by atoms with Crippen molar-refractivity contribution >= 4 is 23.2 Å². The van der Waals surface area contributed by atoms with Gasteiger partial charge in [0.05, 0.1) is 29.9 Å². The van der Waals surface area contributed by atoms with E-state index in [9.17, 15) is 9.59 Å². The van der Waals surface area contributed by atoms with Gasteiger partial charge in [0.25, 0.3) is 5.91 Å². The minimum Gasteiger partial charge on any atom is -0.497 e. The smallest absolute Gasteiger partial charge is 0.254 e. The molecule has 0 spiro atoms. The molecule has 1 fully saturated rings. The molecule has 2 aliphatic rings. The summed E-state index contributed by atoms with van der Waals surface area (Å²) >= 11 is 0. The number of nitrogens with one attached hydrogen (secondary N) is 2. The fraction of sp³-hybridized carbons (Fsp3) is 0.111. The van der Waals surface area contributed by atoms with Crippen LogP contribution in [0.2, 0.25) is 0 Å². The lowest BCUT2D eigenvalue weighted by Crippen LogP contribution is -2.16. The number of carbonyl (C=O) groups excluding carboxylic acids is 2. The lowest BCUT2D eigenvalue weighted by molar-refractivity contribution is -0.115. The van der Waals surface area contributed by atoms with Gasteiger partial charge in [-0.05, 0) is 35.9 Å². The molecule has 0 saturated carbocycles. The van der Waals surface area contributed by atoms with Gasteiger partial charge >= 0.3 is 0 Å². The number of hydrogen-bond acceptors (Lipinski definition) is 5. The zero-order valence-corrected chi connectivity index (χ0v) is 18.7. The summed E-state index contributed by atoms with van der Waals surface area (Å²) in [7, 11) is 3.47. The highest BCUT2D eigenvalue weighted by atomic mass is 16.5. The van der Waals surface area contributed by atoms with E-state index in [0.717, 1.165) is 22.6 Å². The van der Waals surface area contributed by atoms with Crippen LogP contribution in [-0.2, 0) is 21.4 Å². The van der Waals surface area contributed by atoms with E-state index in [1.165, 1.54) is 7.11 Å². The molecule has 1 aromatic heterocycles. The molecular weight excluding hydrogens is 428 g/mol. The predicted octanol–water partition coefficient (Wildman–Crippen LogP) is 3.84. The van der Waals surface area contributed by atoms with Crippen LogP contribution in [0.5, 0.6) is 0 Å². The third-order valence-corrected chi connectivity index (χ3v) is 5.93. The van der Waals surface area contributed by atoms with Crippen LogP contribution in [0.4, 0.5) is 5.69 Å². The normalized spacial score (nSPS) is 18.4. The van der Waals surface area contributed by atoms with Crippen LogP contribution < -0.4 is 10.6 Å². The summed E-state index contributed by atoms with van der Waals surface area (Å²) in [6.07, 6.45) is 7.01. The molecule has 5 rings (SSSR count). The SMILES string of the molecule is COC1=CC(=C=O)C2C(=C1)NC(=O)C2=C(Nc1ccc(-c2nccn2C)cc1)c1ccccc1. The highest BCUT2D eigenvalue weighted by Crippen LogP contribution is 2.40. The maximum Gasteiger partial charge on any atom is 0.254 e. The van der Waals surface area contributed by atoms with E-state index in [2.05, 4.69) is 15.6 Å². The van der Waals surface area contributed by atoms with Gasteiger partial charge in [0, 0.05) is 42.5 Å². The highest BCUT2D eigenvalue weighted by molar-refractivity contribution is 6.09. The van der Waals surface area contributed by atoms with Gasteiger partial charge in [-0.15, -0.1) is 0 Å². The molecule has 168 valence electrons. The van der Waals surface area contributed by atoms with Crippen LogP contribution in [0.25, 0.3) is 17.1 Å². The number of fused-ring (bicyclic) bond motifs is 1. The molecule has 1 unspecified atom stereocenters. The van der Waals surface area contributed by atoms with Crippen LogP contribution in [0.1, 0.15) is 5.56 Å². The first kappa shape index (κ1) is 21.2. The Morgan fingerprint density at radius 3 is 2.53 bits per heavy atom. The molecule has 34 heavy (non-hydrogen) atoms. The number of allylic oxidation sites excluding steroid dienone is 3. The van der Waals surface area contributed by atoms with Gasteiger partial charge in [-0.2, -0.15) is 0 Å². The third-order valence-electron chi connectivity index (χ3n) is 5.93. The number of anilines is 1. The molecule has 1 atom stereocenters. The number of amides is 1. The number of imidazole rings is 1. The highest BCUT2D eigenvalue weighted by Gasteiger charge is 2.40. The molecule has 3 aromatic rings. The zero-order chi connectivity index (χ0) is 23.7. The molecule has 0 bridgehead atoms. The van der Waals surface area contributed by atoms with E-state index in [4.69, 9.17) is 4.74 Å². The fourth-order valence-corrected chi connectivity index (χ4v) is 4.29. The van der Waals surface area contributed by atoms with Crippen LogP contribution in [0.15, 0.2) is 102 Å². The Morgan fingerprint density at radius 1 is 1.12 bits per heavy atom. The number of rotatable bonds is 5. The largest absolute Gasteiger partial charge is 0.497 e. The molecule has 7 nitrogen and oxygen atoms in total. The third kappa shape index (κ3) is 3.74. The summed E-state index contributed by atoms with van der Waals surface area (Å²) in [5.74, 6) is 2.52. The molecule has 0 radical (unpaired) electrons.